The Hall–Kier alpha value is -1.49. The Morgan fingerprint density at radius 2 is 2.05 bits per heavy atom. The van der Waals surface area contributed by atoms with Crippen LogP contribution in [0.15, 0.2) is 18.2 Å². The number of nitrogens with one attached hydrogen (secondary N) is 1. The van der Waals surface area contributed by atoms with E-state index in [0.29, 0.717) is 12.5 Å². The molecular weight excluding hydrogens is 274 g/mol. The van der Waals surface area contributed by atoms with Crippen molar-refractivity contribution < 1.29 is 13.6 Å². The van der Waals surface area contributed by atoms with E-state index in [0.717, 1.165) is 37.8 Å². The summed E-state index contributed by atoms with van der Waals surface area (Å²) in [5, 5.41) is 2.97. The van der Waals surface area contributed by atoms with Gasteiger partial charge in [-0.15, -0.1) is 0 Å². The summed E-state index contributed by atoms with van der Waals surface area (Å²) in [6.45, 7) is 2.58. The SMILES string of the molecule is CC1CCC(CN)(NC(=O)Cc2ccc(F)cc2F)CC1. The molecular formula is C16H22F2N2O. The first kappa shape index (κ1) is 15.9. The Balaban J connectivity index is 2.00. The molecule has 0 aromatic heterocycles. The lowest BCUT2D eigenvalue weighted by Crippen LogP contribution is -2.55. The van der Waals surface area contributed by atoms with Crippen LogP contribution in [-0.4, -0.2) is 18.0 Å². The first-order chi connectivity index (χ1) is 9.94. The molecule has 1 aliphatic rings. The Kier molecular flexibility index (Phi) is 4.93. The van der Waals surface area contributed by atoms with Crippen LogP contribution in [-0.2, 0) is 11.2 Å². The number of rotatable bonds is 4. The van der Waals surface area contributed by atoms with E-state index in [2.05, 4.69) is 12.2 Å². The van der Waals surface area contributed by atoms with Crippen molar-refractivity contribution in [2.75, 3.05) is 6.54 Å². The van der Waals surface area contributed by atoms with E-state index in [1.807, 2.05) is 0 Å². The summed E-state index contributed by atoms with van der Waals surface area (Å²) in [4.78, 5) is 12.1. The highest BCUT2D eigenvalue weighted by molar-refractivity contribution is 5.79. The fourth-order valence-corrected chi connectivity index (χ4v) is 2.87. The number of hydrogen-bond acceptors (Lipinski definition) is 2. The number of halogens is 2. The summed E-state index contributed by atoms with van der Waals surface area (Å²) in [5.74, 6) is -0.947. The molecule has 116 valence electrons. The molecule has 5 heteroatoms. The predicted molar refractivity (Wildman–Crippen MR) is 77.6 cm³/mol. The van der Waals surface area contributed by atoms with Gasteiger partial charge >= 0.3 is 0 Å². The van der Waals surface area contributed by atoms with E-state index in [1.165, 1.54) is 6.07 Å². The quantitative estimate of drug-likeness (QED) is 0.897. The van der Waals surface area contributed by atoms with E-state index < -0.39 is 11.6 Å². The van der Waals surface area contributed by atoms with Crippen molar-refractivity contribution in [2.24, 2.45) is 11.7 Å². The zero-order valence-electron chi connectivity index (χ0n) is 12.3. The summed E-state index contributed by atoms with van der Waals surface area (Å²) in [5.41, 5.74) is 5.66. The zero-order valence-corrected chi connectivity index (χ0v) is 12.3. The van der Waals surface area contributed by atoms with Crippen LogP contribution in [0.3, 0.4) is 0 Å². The van der Waals surface area contributed by atoms with Crippen molar-refractivity contribution in [2.45, 2.75) is 44.6 Å². The standard InChI is InChI=1S/C16H22F2N2O/c1-11-4-6-16(10-19,7-5-11)20-15(21)8-12-2-3-13(17)9-14(12)18/h2-3,9,11H,4-8,10,19H2,1H3,(H,20,21). The van der Waals surface area contributed by atoms with Crippen LogP contribution in [0.2, 0.25) is 0 Å². The van der Waals surface area contributed by atoms with Crippen LogP contribution in [0, 0.1) is 17.6 Å². The fraction of sp³-hybridized carbons (Fsp3) is 0.562. The van der Waals surface area contributed by atoms with Crippen LogP contribution in [0.25, 0.3) is 0 Å². The van der Waals surface area contributed by atoms with Gasteiger partial charge in [-0.1, -0.05) is 13.0 Å². The summed E-state index contributed by atoms with van der Waals surface area (Å²) in [6.07, 6.45) is 3.67. The van der Waals surface area contributed by atoms with Crippen molar-refractivity contribution in [3.63, 3.8) is 0 Å². The molecule has 1 saturated carbocycles. The molecule has 0 saturated heterocycles. The number of nitrogens with two attached hydrogens (primary N) is 1. The zero-order chi connectivity index (χ0) is 15.5. The summed E-state index contributed by atoms with van der Waals surface area (Å²) < 4.78 is 26.4. The molecule has 0 atom stereocenters. The maximum Gasteiger partial charge on any atom is 0.225 e. The van der Waals surface area contributed by atoms with Crippen molar-refractivity contribution in [1.29, 1.82) is 0 Å². The second-order valence-corrected chi connectivity index (χ2v) is 6.13. The highest BCUT2D eigenvalue weighted by atomic mass is 19.1. The van der Waals surface area contributed by atoms with Gasteiger partial charge in [-0.25, -0.2) is 8.78 Å². The maximum absolute atomic E-state index is 13.6. The maximum atomic E-state index is 13.6. The summed E-state index contributed by atoms with van der Waals surface area (Å²) in [6, 6.07) is 3.26. The largest absolute Gasteiger partial charge is 0.349 e. The minimum absolute atomic E-state index is 0.0938. The predicted octanol–water partition coefficient (Wildman–Crippen LogP) is 2.53. The Morgan fingerprint density at radius 3 is 2.62 bits per heavy atom. The fourth-order valence-electron chi connectivity index (χ4n) is 2.87. The van der Waals surface area contributed by atoms with Gasteiger partial charge in [0, 0.05) is 12.6 Å². The molecule has 0 aliphatic heterocycles. The molecule has 3 nitrogen and oxygen atoms in total. The molecule has 1 amide bonds. The van der Waals surface area contributed by atoms with Crippen molar-refractivity contribution >= 4 is 5.91 Å². The van der Waals surface area contributed by atoms with Gasteiger partial charge in [0.2, 0.25) is 5.91 Å². The van der Waals surface area contributed by atoms with Crippen molar-refractivity contribution in [3.8, 4) is 0 Å². The molecule has 0 heterocycles. The lowest BCUT2D eigenvalue weighted by atomic mass is 9.77. The van der Waals surface area contributed by atoms with Crippen molar-refractivity contribution in [3.05, 3.63) is 35.4 Å². The van der Waals surface area contributed by atoms with E-state index in [9.17, 15) is 13.6 Å². The van der Waals surface area contributed by atoms with E-state index >= 15 is 0 Å². The Morgan fingerprint density at radius 1 is 1.38 bits per heavy atom. The minimum atomic E-state index is -0.691. The lowest BCUT2D eigenvalue weighted by molar-refractivity contribution is -0.122. The van der Waals surface area contributed by atoms with E-state index in [1.54, 1.807) is 0 Å². The topological polar surface area (TPSA) is 55.1 Å². The lowest BCUT2D eigenvalue weighted by Gasteiger charge is -2.39. The monoisotopic (exact) mass is 296 g/mol. The summed E-state index contributed by atoms with van der Waals surface area (Å²) >= 11 is 0. The smallest absolute Gasteiger partial charge is 0.225 e. The number of hydrogen-bond donors (Lipinski definition) is 2. The third kappa shape index (κ3) is 4.00. The van der Waals surface area contributed by atoms with Crippen LogP contribution in [0.5, 0.6) is 0 Å². The molecule has 0 radical (unpaired) electrons. The number of amides is 1. The Labute approximate surface area is 123 Å². The molecule has 1 aliphatic carbocycles. The first-order valence-electron chi connectivity index (χ1n) is 7.39. The van der Waals surface area contributed by atoms with Gasteiger partial charge in [-0.2, -0.15) is 0 Å². The van der Waals surface area contributed by atoms with E-state index in [-0.39, 0.29) is 23.4 Å². The molecule has 2 rings (SSSR count). The first-order valence-corrected chi connectivity index (χ1v) is 7.39. The minimum Gasteiger partial charge on any atom is -0.349 e. The van der Waals surface area contributed by atoms with E-state index in [4.69, 9.17) is 5.73 Å². The van der Waals surface area contributed by atoms with Gasteiger partial charge in [0.15, 0.2) is 0 Å². The van der Waals surface area contributed by atoms with Crippen LogP contribution in [0.4, 0.5) is 8.78 Å². The highest BCUT2D eigenvalue weighted by Crippen LogP contribution is 2.31. The van der Waals surface area contributed by atoms with Gasteiger partial charge in [0.05, 0.1) is 12.0 Å². The van der Waals surface area contributed by atoms with Crippen molar-refractivity contribution in [1.82, 2.24) is 5.32 Å². The third-order valence-corrected chi connectivity index (χ3v) is 4.39. The average molecular weight is 296 g/mol. The molecule has 1 aromatic rings. The van der Waals surface area contributed by atoms with Gasteiger partial charge in [0.25, 0.3) is 0 Å². The van der Waals surface area contributed by atoms with Crippen LogP contribution in [0.1, 0.15) is 38.2 Å². The Bertz CT molecular complexity index is 511. The third-order valence-electron chi connectivity index (χ3n) is 4.39. The van der Waals surface area contributed by atoms with Gasteiger partial charge in [-0.05, 0) is 43.2 Å². The number of benzene rings is 1. The second kappa shape index (κ2) is 6.52. The molecule has 0 spiro atoms. The summed E-state index contributed by atoms with van der Waals surface area (Å²) in [7, 11) is 0. The number of carbonyl (C=O) groups excluding carboxylic acids is 1. The molecule has 21 heavy (non-hydrogen) atoms. The van der Waals surface area contributed by atoms with Gasteiger partial charge in [-0.3, -0.25) is 4.79 Å². The normalized spacial score (nSPS) is 25.6. The van der Waals surface area contributed by atoms with Crippen LogP contribution < -0.4 is 11.1 Å². The van der Waals surface area contributed by atoms with Gasteiger partial charge in [0.1, 0.15) is 11.6 Å². The molecule has 0 bridgehead atoms. The van der Waals surface area contributed by atoms with Crippen LogP contribution >= 0.6 is 0 Å². The highest BCUT2D eigenvalue weighted by Gasteiger charge is 2.34. The number of carbonyl (C=O) groups is 1. The molecule has 1 aromatic carbocycles. The average Bonchev–Trinajstić information content (AvgIpc) is 2.45. The molecule has 0 unspecified atom stereocenters. The molecule has 1 fully saturated rings. The van der Waals surface area contributed by atoms with Gasteiger partial charge < -0.3 is 11.1 Å². The molecule has 3 N–H and O–H groups in total. The second-order valence-electron chi connectivity index (χ2n) is 6.13.